The van der Waals surface area contributed by atoms with Crippen molar-refractivity contribution in [3.8, 4) is 0 Å². The van der Waals surface area contributed by atoms with Gasteiger partial charge in [-0.05, 0) is 104 Å². The zero-order valence-electron chi connectivity index (χ0n) is 32.3. The van der Waals surface area contributed by atoms with Crippen molar-refractivity contribution in [2.45, 2.75) is 149 Å². The van der Waals surface area contributed by atoms with Crippen LogP contribution in [0.5, 0.6) is 0 Å². The molecule has 12 heteroatoms. The maximum Gasteiger partial charge on any atom is 0.410 e. The standard InChI is InChI=1S/C40H62F3N3O6/c1-22(2)30(52-34(49)46-15-8-16-46)25-17-23(3)29-31(50-25)32(47)37(7)27-10-9-26-35(4,5)28(11-12-38(26)20-39(27,38)14-13-36(29,37)6)51-33(48)44-24-18-45(19-24)21-40(41,42)43/h22-32,47H,8-21H2,1-7H3,(H,44,48)/t23-,25?,26+,27?,28?,29+,30?,31?,32+,36?,37-,38?,39?/m1/s1. The highest BCUT2D eigenvalue weighted by Gasteiger charge is 2.84. The number of nitrogens with one attached hydrogen (secondary N) is 1. The Morgan fingerprint density at radius 1 is 1.00 bits per heavy atom. The van der Waals surface area contributed by atoms with Crippen LogP contribution in [-0.2, 0) is 14.2 Å². The van der Waals surface area contributed by atoms with Crippen molar-refractivity contribution >= 4 is 12.2 Å². The van der Waals surface area contributed by atoms with Gasteiger partial charge in [-0.1, -0.05) is 48.5 Å². The third kappa shape index (κ3) is 5.24. The topological polar surface area (TPSA) is 101 Å². The van der Waals surface area contributed by atoms with Gasteiger partial charge in [0.15, 0.2) is 0 Å². The SMILES string of the molecule is CC(C)C(OC(=O)N1CCC1)C1C[C@@H](C)[C@H]2C(O1)[C@H](O)[C@@]1(C)C3CC[C@H]4C(C)(C)C(OC(=O)NC5CN(CC(F)(F)F)C5)CCC45CC35CCC21C. The molecule has 3 aliphatic heterocycles. The number of amides is 2. The van der Waals surface area contributed by atoms with Crippen molar-refractivity contribution in [2.75, 3.05) is 32.7 Å². The second-order valence-electron chi connectivity index (χ2n) is 20.0. The zero-order valence-corrected chi connectivity index (χ0v) is 32.3. The third-order valence-corrected chi connectivity index (χ3v) is 17.1. The monoisotopic (exact) mass is 737 g/mol. The van der Waals surface area contributed by atoms with E-state index >= 15 is 0 Å². The first-order valence-corrected chi connectivity index (χ1v) is 20.3. The largest absolute Gasteiger partial charge is 0.446 e. The van der Waals surface area contributed by atoms with Gasteiger partial charge in [-0.2, -0.15) is 13.2 Å². The van der Waals surface area contributed by atoms with Crippen LogP contribution in [0.25, 0.3) is 0 Å². The molecule has 5 aliphatic carbocycles. The summed E-state index contributed by atoms with van der Waals surface area (Å²) in [5.74, 6) is 1.39. The molecule has 13 atom stereocenters. The lowest BCUT2D eigenvalue weighted by Crippen LogP contribution is -2.62. The first-order valence-electron chi connectivity index (χ1n) is 20.3. The van der Waals surface area contributed by atoms with E-state index in [0.29, 0.717) is 17.8 Å². The molecule has 8 unspecified atom stereocenters. The van der Waals surface area contributed by atoms with Gasteiger partial charge in [0, 0.05) is 37.0 Å². The number of carbonyl (C=O) groups is 2. The third-order valence-electron chi connectivity index (χ3n) is 17.1. The van der Waals surface area contributed by atoms with E-state index in [0.717, 1.165) is 70.9 Å². The molecular formula is C40H62F3N3O6. The number of ether oxygens (including phenoxy) is 3. The van der Waals surface area contributed by atoms with E-state index in [1.54, 1.807) is 4.90 Å². The molecule has 0 aromatic heterocycles. The number of hydrogen-bond acceptors (Lipinski definition) is 7. The molecule has 52 heavy (non-hydrogen) atoms. The number of rotatable bonds is 6. The Morgan fingerprint density at radius 2 is 1.67 bits per heavy atom. The van der Waals surface area contributed by atoms with E-state index in [2.05, 4.69) is 53.8 Å². The Labute approximate surface area is 307 Å². The number of nitrogens with zero attached hydrogens (tertiary/aromatic N) is 2. The summed E-state index contributed by atoms with van der Waals surface area (Å²) < 4.78 is 57.4. The molecule has 8 fully saturated rings. The quantitative estimate of drug-likeness (QED) is 0.303. The van der Waals surface area contributed by atoms with Gasteiger partial charge in [0.05, 0.1) is 30.9 Å². The van der Waals surface area contributed by atoms with Gasteiger partial charge in [-0.15, -0.1) is 0 Å². The van der Waals surface area contributed by atoms with Gasteiger partial charge >= 0.3 is 18.4 Å². The number of likely N-dealkylation sites (tertiary alicyclic amines) is 2. The maximum atomic E-state index is 13.0. The van der Waals surface area contributed by atoms with E-state index in [-0.39, 0.29) is 88.6 Å². The fraction of sp³-hybridized carbons (Fsp3) is 0.950. The molecule has 2 N–H and O–H groups in total. The van der Waals surface area contributed by atoms with E-state index in [1.807, 2.05) is 0 Å². The normalized spacial score (nSPS) is 47.0. The van der Waals surface area contributed by atoms with Gasteiger partial charge in [0.1, 0.15) is 12.2 Å². The highest BCUT2D eigenvalue weighted by Crippen LogP contribution is 2.89. The lowest BCUT2D eigenvalue weighted by Gasteiger charge is -2.63. The molecular weight excluding hydrogens is 675 g/mol. The van der Waals surface area contributed by atoms with Crippen molar-refractivity contribution < 1.29 is 42.1 Å². The number of alkyl carbamates (subject to hydrolysis) is 1. The Balaban J connectivity index is 0.965. The molecule has 2 amide bonds. The van der Waals surface area contributed by atoms with Crippen molar-refractivity contribution in [3.05, 3.63) is 0 Å². The second-order valence-corrected chi connectivity index (χ2v) is 20.0. The fourth-order valence-electron chi connectivity index (χ4n) is 14.4. The van der Waals surface area contributed by atoms with Crippen LogP contribution in [0.1, 0.15) is 106 Å². The van der Waals surface area contributed by atoms with E-state index in [1.165, 1.54) is 4.90 Å². The smallest absolute Gasteiger partial charge is 0.410 e. The van der Waals surface area contributed by atoms with Gasteiger partial charge in [-0.25, -0.2) is 9.59 Å². The van der Waals surface area contributed by atoms with Crippen molar-refractivity contribution in [3.63, 3.8) is 0 Å². The molecule has 8 aliphatic rings. The predicted octanol–water partition coefficient (Wildman–Crippen LogP) is 7.01. The fourth-order valence-corrected chi connectivity index (χ4v) is 14.4. The number of fused-ring (bicyclic) bond motifs is 4. The summed E-state index contributed by atoms with van der Waals surface area (Å²) in [5.41, 5.74) is -0.351. The first kappa shape index (κ1) is 37.1. The van der Waals surface area contributed by atoms with Crippen LogP contribution in [-0.4, -0.2) is 103 Å². The molecule has 9 nitrogen and oxygen atoms in total. The molecule has 8 rings (SSSR count). The number of hydrogen-bond donors (Lipinski definition) is 2. The van der Waals surface area contributed by atoms with Gasteiger partial charge in [0.2, 0.25) is 0 Å². The Kier molecular flexibility index (Phi) is 8.65. The zero-order chi connectivity index (χ0) is 37.4. The average molecular weight is 738 g/mol. The highest BCUT2D eigenvalue weighted by atomic mass is 19.4. The molecule has 5 saturated carbocycles. The van der Waals surface area contributed by atoms with Crippen LogP contribution in [0, 0.1) is 56.7 Å². The summed E-state index contributed by atoms with van der Waals surface area (Å²) in [5, 5.41) is 15.5. The van der Waals surface area contributed by atoms with E-state index in [9.17, 15) is 27.9 Å². The van der Waals surface area contributed by atoms with E-state index in [4.69, 9.17) is 14.2 Å². The summed E-state index contributed by atoms with van der Waals surface area (Å²) in [6.07, 6.45) is 2.17. The minimum atomic E-state index is -4.24. The van der Waals surface area contributed by atoms with Crippen molar-refractivity contribution in [1.29, 1.82) is 0 Å². The molecule has 3 saturated heterocycles. The molecule has 3 heterocycles. The highest BCUT2D eigenvalue weighted by molar-refractivity contribution is 5.69. The number of alkyl halides is 3. The van der Waals surface area contributed by atoms with Crippen molar-refractivity contribution in [1.82, 2.24) is 15.1 Å². The number of aliphatic hydroxyl groups is 1. The lowest BCUT2D eigenvalue weighted by molar-refractivity contribution is -0.185. The second kappa shape index (κ2) is 12.1. The summed E-state index contributed by atoms with van der Waals surface area (Å²) in [7, 11) is 0. The number of aliphatic hydroxyl groups excluding tert-OH is 1. The van der Waals surface area contributed by atoms with Crippen LogP contribution in [0.4, 0.5) is 22.8 Å². The minimum absolute atomic E-state index is 0.0826. The van der Waals surface area contributed by atoms with Crippen LogP contribution in [0.3, 0.4) is 0 Å². The Hall–Kier alpha value is -1.79. The van der Waals surface area contributed by atoms with Gasteiger partial charge < -0.3 is 29.5 Å². The summed E-state index contributed by atoms with van der Waals surface area (Å²) in [6.45, 7) is 16.7. The number of carbonyl (C=O) groups excluding carboxylic acids is 2. The summed E-state index contributed by atoms with van der Waals surface area (Å²) >= 11 is 0. The van der Waals surface area contributed by atoms with Crippen molar-refractivity contribution in [2.24, 2.45) is 56.7 Å². The van der Waals surface area contributed by atoms with Gasteiger partial charge in [0.25, 0.3) is 0 Å². The lowest BCUT2D eigenvalue weighted by atomic mass is 9.41. The van der Waals surface area contributed by atoms with Crippen LogP contribution < -0.4 is 5.32 Å². The first-order chi connectivity index (χ1) is 24.3. The molecule has 0 bridgehead atoms. The molecule has 0 aromatic carbocycles. The number of halogens is 3. The Morgan fingerprint density at radius 3 is 2.31 bits per heavy atom. The predicted molar refractivity (Wildman–Crippen MR) is 187 cm³/mol. The minimum Gasteiger partial charge on any atom is -0.446 e. The Bertz CT molecular complexity index is 1440. The van der Waals surface area contributed by atoms with E-state index < -0.39 is 24.9 Å². The molecule has 2 spiro atoms. The van der Waals surface area contributed by atoms with Crippen LogP contribution in [0.15, 0.2) is 0 Å². The van der Waals surface area contributed by atoms with Crippen LogP contribution >= 0.6 is 0 Å². The molecule has 0 aromatic rings. The van der Waals surface area contributed by atoms with Crippen LogP contribution in [0.2, 0.25) is 0 Å². The average Bonchev–Trinajstić information content (AvgIpc) is 3.63. The molecule has 294 valence electrons. The summed E-state index contributed by atoms with van der Waals surface area (Å²) in [4.78, 5) is 29.0. The van der Waals surface area contributed by atoms with Gasteiger partial charge in [-0.3, -0.25) is 4.90 Å². The maximum absolute atomic E-state index is 13.0. The summed E-state index contributed by atoms with van der Waals surface area (Å²) in [6, 6.07) is -0.326. The molecule has 0 radical (unpaired) electrons.